The molecule has 0 aliphatic carbocycles. The molecule has 0 aromatic heterocycles. The summed E-state index contributed by atoms with van der Waals surface area (Å²) in [5, 5.41) is 8.44. The molecule has 0 saturated carbocycles. The summed E-state index contributed by atoms with van der Waals surface area (Å²) in [6.07, 6.45) is 0.266. The first-order valence-electron chi connectivity index (χ1n) is 4.03. The first-order valence-corrected chi connectivity index (χ1v) is 4.03. The fourth-order valence-corrected chi connectivity index (χ4v) is 1.10. The molecule has 0 radical (unpaired) electrons. The zero-order chi connectivity index (χ0) is 9.84. The monoisotopic (exact) mass is 178 g/mol. The van der Waals surface area contributed by atoms with Crippen molar-refractivity contribution in [2.24, 2.45) is 5.73 Å². The Bertz CT molecular complexity index is 341. The van der Waals surface area contributed by atoms with E-state index in [0.717, 1.165) is 5.56 Å². The second-order valence-corrected chi connectivity index (χ2v) is 3.03. The maximum absolute atomic E-state index is 13.2. The second kappa shape index (κ2) is 4.01. The van der Waals surface area contributed by atoms with Crippen LogP contribution >= 0.6 is 0 Å². The third-order valence-electron chi connectivity index (χ3n) is 1.81. The van der Waals surface area contributed by atoms with Gasteiger partial charge in [0, 0.05) is 6.42 Å². The highest BCUT2D eigenvalue weighted by atomic mass is 19.1. The molecule has 2 nitrogen and oxygen atoms in total. The minimum atomic E-state index is -0.628. The fraction of sp³-hybridized carbons (Fsp3) is 0.300. The van der Waals surface area contributed by atoms with Gasteiger partial charge in [0.1, 0.15) is 5.82 Å². The van der Waals surface area contributed by atoms with E-state index in [4.69, 9.17) is 11.0 Å². The molecule has 0 amide bonds. The molecule has 1 aromatic carbocycles. The summed E-state index contributed by atoms with van der Waals surface area (Å²) in [6, 6.07) is 6.16. The molecule has 0 heterocycles. The summed E-state index contributed by atoms with van der Waals surface area (Å²) in [5.41, 5.74) is 6.75. The van der Waals surface area contributed by atoms with Gasteiger partial charge < -0.3 is 5.73 Å². The molecule has 2 N–H and O–H groups in total. The van der Waals surface area contributed by atoms with E-state index in [9.17, 15) is 4.39 Å². The molecule has 1 rings (SSSR count). The van der Waals surface area contributed by atoms with Crippen LogP contribution in [0, 0.1) is 24.1 Å². The molecule has 0 fully saturated rings. The maximum atomic E-state index is 13.2. The molecule has 3 heteroatoms. The number of hydrogen-bond acceptors (Lipinski definition) is 2. The van der Waals surface area contributed by atoms with Crippen LogP contribution in [0.25, 0.3) is 0 Å². The van der Waals surface area contributed by atoms with Gasteiger partial charge in [0.2, 0.25) is 0 Å². The van der Waals surface area contributed by atoms with E-state index in [1.165, 1.54) is 6.07 Å². The van der Waals surface area contributed by atoms with Crippen molar-refractivity contribution >= 4 is 0 Å². The summed E-state index contributed by atoms with van der Waals surface area (Å²) in [6.45, 7) is 1.82. The lowest BCUT2D eigenvalue weighted by atomic mass is 10.1. The van der Waals surface area contributed by atoms with Crippen LogP contribution in [0.2, 0.25) is 0 Å². The highest BCUT2D eigenvalue weighted by Crippen LogP contribution is 2.11. The van der Waals surface area contributed by atoms with Crippen LogP contribution in [0.4, 0.5) is 4.39 Å². The van der Waals surface area contributed by atoms with Crippen molar-refractivity contribution in [2.75, 3.05) is 0 Å². The Kier molecular flexibility index (Phi) is 2.99. The van der Waals surface area contributed by atoms with Crippen molar-refractivity contribution in [3.63, 3.8) is 0 Å². The Morgan fingerprint density at radius 3 is 2.85 bits per heavy atom. The first-order chi connectivity index (χ1) is 6.13. The number of hydrogen-bond donors (Lipinski definition) is 1. The van der Waals surface area contributed by atoms with Crippen LogP contribution in [0.3, 0.4) is 0 Å². The van der Waals surface area contributed by atoms with Gasteiger partial charge in [-0.15, -0.1) is 0 Å². The Balaban J connectivity index is 2.85. The van der Waals surface area contributed by atoms with Gasteiger partial charge in [-0.05, 0) is 24.1 Å². The van der Waals surface area contributed by atoms with Gasteiger partial charge in [0.25, 0.3) is 0 Å². The number of nitriles is 1. The van der Waals surface area contributed by atoms with Gasteiger partial charge in [-0.1, -0.05) is 12.1 Å². The van der Waals surface area contributed by atoms with Crippen molar-refractivity contribution in [1.29, 1.82) is 5.26 Å². The van der Waals surface area contributed by atoms with E-state index < -0.39 is 6.04 Å². The minimum Gasteiger partial charge on any atom is -0.316 e. The molecule has 0 bridgehead atoms. The van der Waals surface area contributed by atoms with Gasteiger partial charge in [-0.3, -0.25) is 0 Å². The SMILES string of the molecule is Cc1ccc(C[C@H](N)C#N)c(F)c1. The van der Waals surface area contributed by atoms with Crippen LogP contribution in [0.5, 0.6) is 0 Å². The zero-order valence-electron chi connectivity index (χ0n) is 7.42. The number of aryl methyl sites for hydroxylation is 1. The first kappa shape index (κ1) is 9.69. The molecule has 0 saturated heterocycles. The van der Waals surface area contributed by atoms with E-state index >= 15 is 0 Å². The summed E-state index contributed by atoms with van der Waals surface area (Å²) in [7, 11) is 0. The number of benzene rings is 1. The van der Waals surface area contributed by atoms with Crippen molar-refractivity contribution in [1.82, 2.24) is 0 Å². The van der Waals surface area contributed by atoms with Gasteiger partial charge in [-0.2, -0.15) is 5.26 Å². The van der Waals surface area contributed by atoms with Crippen molar-refractivity contribution in [3.05, 3.63) is 35.1 Å². The third-order valence-corrected chi connectivity index (χ3v) is 1.81. The summed E-state index contributed by atoms with van der Waals surface area (Å²) < 4.78 is 13.2. The van der Waals surface area contributed by atoms with Crippen LogP contribution in [-0.4, -0.2) is 6.04 Å². The van der Waals surface area contributed by atoms with Crippen molar-refractivity contribution in [2.45, 2.75) is 19.4 Å². The standard InChI is InChI=1S/C10H11FN2/c1-7-2-3-8(10(11)4-7)5-9(13)6-12/h2-4,9H,5,13H2,1H3/t9-/m0/s1. The quantitative estimate of drug-likeness (QED) is 0.746. The van der Waals surface area contributed by atoms with E-state index in [1.54, 1.807) is 6.07 Å². The summed E-state index contributed by atoms with van der Waals surface area (Å²) >= 11 is 0. The van der Waals surface area contributed by atoms with Crippen LogP contribution in [-0.2, 0) is 6.42 Å². The third kappa shape index (κ3) is 2.53. The topological polar surface area (TPSA) is 49.8 Å². The van der Waals surface area contributed by atoms with Gasteiger partial charge in [0.05, 0.1) is 12.1 Å². The predicted molar refractivity (Wildman–Crippen MR) is 48.4 cm³/mol. The Morgan fingerprint density at radius 1 is 1.62 bits per heavy atom. The summed E-state index contributed by atoms with van der Waals surface area (Å²) in [5.74, 6) is -0.286. The molecule has 13 heavy (non-hydrogen) atoms. The van der Waals surface area contributed by atoms with Gasteiger partial charge in [-0.25, -0.2) is 4.39 Å². The van der Waals surface area contributed by atoms with E-state index in [0.29, 0.717) is 5.56 Å². The number of nitrogens with two attached hydrogens (primary N) is 1. The molecule has 0 spiro atoms. The largest absolute Gasteiger partial charge is 0.316 e. The minimum absolute atomic E-state index is 0.266. The second-order valence-electron chi connectivity index (χ2n) is 3.03. The van der Waals surface area contributed by atoms with E-state index in [2.05, 4.69) is 0 Å². The maximum Gasteiger partial charge on any atom is 0.126 e. The smallest absolute Gasteiger partial charge is 0.126 e. The normalized spacial score (nSPS) is 12.2. The average Bonchev–Trinajstić information content (AvgIpc) is 2.09. The highest BCUT2D eigenvalue weighted by Gasteiger charge is 2.06. The molecule has 0 aliphatic rings. The predicted octanol–water partition coefficient (Wildman–Crippen LogP) is 1.53. The van der Waals surface area contributed by atoms with Crippen LogP contribution in [0.15, 0.2) is 18.2 Å². The lowest BCUT2D eigenvalue weighted by molar-refractivity contribution is 0.602. The van der Waals surface area contributed by atoms with E-state index in [-0.39, 0.29) is 12.2 Å². The number of nitrogens with zero attached hydrogens (tertiary/aromatic N) is 1. The molecule has 1 aromatic rings. The molecule has 68 valence electrons. The van der Waals surface area contributed by atoms with E-state index in [1.807, 2.05) is 19.1 Å². The van der Waals surface area contributed by atoms with Crippen LogP contribution < -0.4 is 5.73 Å². The average molecular weight is 178 g/mol. The lowest BCUT2D eigenvalue weighted by Crippen LogP contribution is -2.20. The Morgan fingerprint density at radius 2 is 2.31 bits per heavy atom. The summed E-state index contributed by atoms with van der Waals surface area (Å²) in [4.78, 5) is 0. The Hall–Kier alpha value is -1.40. The zero-order valence-corrected chi connectivity index (χ0v) is 7.42. The van der Waals surface area contributed by atoms with Crippen molar-refractivity contribution < 1.29 is 4.39 Å². The number of rotatable bonds is 2. The molecule has 0 unspecified atom stereocenters. The van der Waals surface area contributed by atoms with Crippen LogP contribution in [0.1, 0.15) is 11.1 Å². The van der Waals surface area contributed by atoms with Gasteiger partial charge in [0.15, 0.2) is 0 Å². The lowest BCUT2D eigenvalue weighted by Gasteiger charge is -2.04. The Labute approximate surface area is 76.8 Å². The van der Waals surface area contributed by atoms with Gasteiger partial charge >= 0.3 is 0 Å². The molecule has 0 aliphatic heterocycles. The number of halogens is 1. The fourth-order valence-electron chi connectivity index (χ4n) is 1.10. The molecular weight excluding hydrogens is 167 g/mol. The molecular formula is C10H11FN2. The molecule has 1 atom stereocenters. The van der Waals surface area contributed by atoms with Crippen molar-refractivity contribution in [3.8, 4) is 6.07 Å². The highest BCUT2D eigenvalue weighted by molar-refractivity contribution is 5.24.